The fraction of sp³-hybridized carbons (Fsp3) is 0.692. The van der Waals surface area contributed by atoms with Crippen LogP contribution in [0.15, 0.2) is 17.1 Å². The highest BCUT2D eigenvalue weighted by atomic mass is 16.1. The van der Waals surface area contributed by atoms with Gasteiger partial charge in [-0.3, -0.25) is 4.79 Å². The number of hydrogen-bond acceptors (Lipinski definition) is 4. The lowest BCUT2D eigenvalue weighted by atomic mass is 10.1. The highest BCUT2D eigenvalue weighted by Crippen LogP contribution is 2.06. The molecule has 5 heteroatoms. The molecule has 1 aromatic rings. The van der Waals surface area contributed by atoms with Gasteiger partial charge in [0.05, 0.1) is 11.9 Å². The van der Waals surface area contributed by atoms with E-state index in [0.717, 1.165) is 31.5 Å². The maximum absolute atomic E-state index is 11.8. The van der Waals surface area contributed by atoms with E-state index in [1.165, 1.54) is 4.68 Å². The van der Waals surface area contributed by atoms with E-state index in [1.54, 1.807) is 12.3 Å². The number of rotatable bonds is 7. The van der Waals surface area contributed by atoms with Crippen molar-refractivity contribution in [1.29, 1.82) is 0 Å². The van der Waals surface area contributed by atoms with E-state index in [-0.39, 0.29) is 11.6 Å². The SMILES string of the molecule is CCC(N)CCCn1ncc(N(C)CC)cc1=O. The monoisotopic (exact) mass is 252 g/mol. The van der Waals surface area contributed by atoms with Crippen molar-refractivity contribution in [3.63, 3.8) is 0 Å². The van der Waals surface area contributed by atoms with Crippen LogP contribution in [0.25, 0.3) is 0 Å². The lowest BCUT2D eigenvalue weighted by Crippen LogP contribution is -2.26. The Bertz CT molecular complexity index is 416. The molecule has 5 nitrogen and oxygen atoms in total. The van der Waals surface area contributed by atoms with Crippen molar-refractivity contribution in [2.24, 2.45) is 5.73 Å². The summed E-state index contributed by atoms with van der Waals surface area (Å²) in [5, 5.41) is 4.19. The first-order valence-corrected chi connectivity index (χ1v) is 6.62. The van der Waals surface area contributed by atoms with Crippen molar-refractivity contribution < 1.29 is 0 Å². The molecule has 102 valence electrons. The molecule has 0 radical (unpaired) electrons. The molecule has 2 N–H and O–H groups in total. The number of aryl methyl sites for hydroxylation is 1. The quantitative estimate of drug-likeness (QED) is 0.792. The topological polar surface area (TPSA) is 64.2 Å². The normalized spacial score (nSPS) is 12.4. The molecule has 1 aromatic heterocycles. The van der Waals surface area contributed by atoms with Gasteiger partial charge in [0.2, 0.25) is 0 Å². The first kappa shape index (κ1) is 14.7. The van der Waals surface area contributed by atoms with Crippen molar-refractivity contribution in [2.75, 3.05) is 18.5 Å². The van der Waals surface area contributed by atoms with Crippen LogP contribution in [0.1, 0.15) is 33.1 Å². The standard InChI is InChI=1S/C13H24N4O/c1-4-11(14)7-6-8-17-13(18)9-12(10-15-17)16(3)5-2/h9-11H,4-8,14H2,1-3H3. The van der Waals surface area contributed by atoms with E-state index in [1.807, 2.05) is 18.9 Å². The van der Waals surface area contributed by atoms with Crippen LogP contribution in [-0.4, -0.2) is 29.4 Å². The molecular weight excluding hydrogens is 228 g/mol. The Morgan fingerprint density at radius 1 is 1.50 bits per heavy atom. The van der Waals surface area contributed by atoms with Gasteiger partial charge in [0.15, 0.2) is 0 Å². The maximum Gasteiger partial charge on any atom is 0.268 e. The fourth-order valence-corrected chi connectivity index (χ4v) is 1.69. The van der Waals surface area contributed by atoms with E-state index in [4.69, 9.17) is 5.73 Å². The second-order valence-electron chi connectivity index (χ2n) is 4.60. The van der Waals surface area contributed by atoms with Crippen molar-refractivity contribution >= 4 is 5.69 Å². The molecule has 1 atom stereocenters. The van der Waals surface area contributed by atoms with Crippen LogP contribution in [0.3, 0.4) is 0 Å². The van der Waals surface area contributed by atoms with Gasteiger partial charge < -0.3 is 10.6 Å². The summed E-state index contributed by atoms with van der Waals surface area (Å²) >= 11 is 0. The van der Waals surface area contributed by atoms with E-state index in [2.05, 4.69) is 12.0 Å². The molecular formula is C13H24N4O. The fourth-order valence-electron chi connectivity index (χ4n) is 1.69. The van der Waals surface area contributed by atoms with Gasteiger partial charge in [-0.1, -0.05) is 6.92 Å². The predicted molar refractivity (Wildman–Crippen MR) is 74.9 cm³/mol. The first-order valence-electron chi connectivity index (χ1n) is 6.62. The second kappa shape index (κ2) is 7.16. The number of nitrogens with two attached hydrogens (primary N) is 1. The summed E-state index contributed by atoms with van der Waals surface area (Å²) in [6.45, 7) is 5.61. The number of anilines is 1. The molecule has 0 aromatic carbocycles. The van der Waals surface area contributed by atoms with Crippen LogP contribution in [0.4, 0.5) is 5.69 Å². The lowest BCUT2D eigenvalue weighted by molar-refractivity contribution is 0.487. The molecule has 0 amide bonds. The van der Waals surface area contributed by atoms with Gasteiger partial charge >= 0.3 is 0 Å². The summed E-state index contributed by atoms with van der Waals surface area (Å²) in [5.41, 5.74) is 6.66. The molecule has 0 aliphatic heterocycles. The third kappa shape index (κ3) is 4.14. The summed E-state index contributed by atoms with van der Waals surface area (Å²) in [6.07, 6.45) is 4.54. The molecule has 1 unspecified atom stereocenters. The molecule has 0 saturated heterocycles. The van der Waals surface area contributed by atoms with Gasteiger partial charge in [-0.05, 0) is 26.2 Å². The first-order chi connectivity index (χ1) is 8.58. The van der Waals surface area contributed by atoms with Gasteiger partial charge in [-0.2, -0.15) is 5.10 Å². The second-order valence-corrected chi connectivity index (χ2v) is 4.60. The Balaban J connectivity index is 2.60. The zero-order valence-electron chi connectivity index (χ0n) is 11.6. The molecule has 0 saturated carbocycles. The van der Waals surface area contributed by atoms with Gasteiger partial charge in [0.1, 0.15) is 0 Å². The van der Waals surface area contributed by atoms with Crippen molar-refractivity contribution in [3.05, 3.63) is 22.6 Å². The molecule has 0 aliphatic rings. The summed E-state index contributed by atoms with van der Waals surface area (Å²) in [7, 11) is 1.95. The van der Waals surface area contributed by atoms with Crippen molar-refractivity contribution in [2.45, 2.75) is 45.7 Å². The minimum absolute atomic E-state index is 0.0436. The highest BCUT2D eigenvalue weighted by molar-refractivity contribution is 5.41. The van der Waals surface area contributed by atoms with E-state index in [0.29, 0.717) is 6.54 Å². The van der Waals surface area contributed by atoms with Gasteiger partial charge in [-0.15, -0.1) is 0 Å². The lowest BCUT2D eigenvalue weighted by Gasteiger charge is -2.16. The summed E-state index contributed by atoms with van der Waals surface area (Å²) in [5.74, 6) is 0. The Kier molecular flexibility index (Phi) is 5.85. The maximum atomic E-state index is 11.8. The van der Waals surface area contributed by atoms with Crippen molar-refractivity contribution in [1.82, 2.24) is 9.78 Å². The molecule has 0 bridgehead atoms. The number of aromatic nitrogens is 2. The zero-order valence-corrected chi connectivity index (χ0v) is 11.6. The molecule has 0 spiro atoms. The predicted octanol–water partition coefficient (Wildman–Crippen LogP) is 1.22. The third-order valence-electron chi connectivity index (χ3n) is 3.24. The zero-order chi connectivity index (χ0) is 13.5. The van der Waals surface area contributed by atoms with Crippen LogP contribution in [0.2, 0.25) is 0 Å². The van der Waals surface area contributed by atoms with Crippen LogP contribution in [0, 0.1) is 0 Å². The minimum atomic E-state index is -0.0436. The van der Waals surface area contributed by atoms with E-state index in [9.17, 15) is 4.79 Å². The molecule has 0 fully saturated rings. The summed E-state index contributed by atoms with van der Waals surface area (Å²) in [6, 6.07) is 1.86. The minimum Gasteiger partial charge on any atom is -0.373 e. The number of nitrogens with zero attached hydrogens (tertiary/aromatic N) is 3. The molecule has 1 rings (SSSR count). The van der Waals surface area contributed by atoms with Crippen LogP contribution >= 0.6 is 0 Å². The van der Waals surface area contributed by atoms with Crippen LogP contribution in [-0.2, 0) is 6.54 Å². The van der Waals surface area contributed by atoms with Crippen LogP contribution in [0.5, 0.6) is 0 Å². The molecule has 1 heterocycles. The largest absolute Gasteiger partial charge is 0.373 e. The summed E-state index contributed by atoms with van der Waals surface area (Å²) < 4.78 is 1.51. The smallest absolute Gasteiger partial charge is 0.268 e. The molecule has 0 aliphatic carbocycles. The number of hydrogen-bond donors (Lipinski definition) is 1. The van der Waals surface area contributed by atoms with Crippen molar-refractivity contribution in [3.8, 4) is 0 Å². The van der Waals surface area contributed by atoms with Gasteiger partial charge in [0.25, 0.3) is 5.56 Å². The van der Waals surface area contributed by atoms with Gasteiger partial charge in [-0.25, -0.2) is 4.68 Å². The van der Waals surface area contributed by atoms with Gasteiger partial charge in [0, 0.05) is 32.2 Å². The average Bonchev–Trinajstić information content (AvgIpc) is 2.39. The Hall–Kier alpha value is -1.36. The Labute approximate surface area is 109 Å². The summed E-state index contributed by atoms with van der Waals surface area (Å²) in [4.78, 5) is 13.8. The Morgan fingerprint density at radius 3 is 2.78 bits per heavy atom. The third-order valence-corrected chi connectivity index (χ3v) is 3.24. The Morgan fingerprint density at radius 2 is 2.22 bits per heavy atom. The van der Waals surface area contributed by atoms with E-state index < -0.39 is 0 Å². The van der Waals surface area contributed by atoms with E-state index >= 15 is 0 Å². The van der Waals surface area contributed by atoms with Crippen LogP contribution < -0.4 is 16.2 Å². The molecule has 18 heavy (non-hydrogen) atoms. The highest BCUT2D eigenvalue weighted by Gasteiger charge is 2.04. The average molecular weight is 252 g/mol.